The van der Waals surface area contributed by atoms with Gasteiger partial charge in [-0.3, -0.25) is 9.78 Å². The fraction of sp³-hybridized carbons (Fsp3) is 0.562. The van der Waals surface area contributed by atoms with E-state index in [9.17, 15) is 4.79 Å². The number of carbonyl (C=O) groups is 1. The highest BCUT2D eigenvalue weighted by molar-refractivity contribution is 5.94. The van der Waals surface area contributed by atoms with Gasteiger partial charge in [-0.25, -0.2) is 0 Å². The van der Waals surface area contributed by atoms with E-state index in [1.807, 2.05) is 6.92 Å². The van der Waals surface area contributed by atoms with Crippen LogP contribution in [0.25, 0.3) is 0 Å². The second-order valence-electron chi connectivity index (χ2n) is 5.92. The second kappa shape index (κ2) is 9.29. The van der Waals surface area contributed by atoms with Crippen molar-refractivity contribution in [3.05, 3.63) is 18.5 Å². The zero-order chi connectivity index (χ0) is 18.2. The highest BCUT2D eigenvalue weighted by atomic mass is 16.5. The van der Waals surface area contributed by atoms with E-state index >= 15 is 0 Å². The molecule has 0 bridgehead atoms. The molecule has 9 nitrogen and oxygen atoms in total. The molecule has 1 aliphatic rings. The lowest BCUT2D eigenvalue weighted by Crippen LogP contribution is -2.63. The molecule has 0 spiro atoms. The molecule has 9 heteroatoms. The van der Waals surface area contributed by atoms with Gasteiger partial charge in [-0.15, -0.1) is 0 Å². The highest BCUT2D eigenvalue weighted by Crippen LogP contribution is 2.23. The van der Waals surface area contributed by atoms with Crippen LogP contribution < -0.4 is 32.2 Å². The van der Waals surface area contributed by atoms with Crippen molar-refractivity contribution in [2.75, 3.05) is 25.0 Å². The molecule has 1 aromatic heterocycles. The summed E-state index contributed by atoms with van der Waals surface area (Å²) in [5.74, 6) is -0.291. The number of nitrogens with one attached hydrogen (secondary N) is 3. The number of nitrogens with two attached hydrogens (primary N) is 2. The van der Waals surface area contributed by atoms with Crippen molar-refractivity contribution >= 4 is 11.6 Å². The molecule has 1 aromatic rings. The third-order valence-electron chi connectivity index (χ3n) is 4.05. The lowest BCUT2D eigenvalue weighted by molar-refractivity contribution is -0.122. The van der Waals surface area contributed by atoms with Gasteiger partial charge in [-0.2, -0.15) is 5.26 Å². The third-order valence-corrected chi connectivity index (χ3v) is 4.05. The molecule has 1 fully saturated rings. The maximum absolute atomic E-state index is 12.7. The fourth-order valence-electron chi connectivity index (χ4n) is 2.78. The summed E-state index contributed by atoms with van der Waals surface area (Å²) >= 11 is 0. The number of carbonyl (C=O) groups excluding carboxylic acids is 1. The minimum absolute atomic E-state index is 0.196. The van der Waals surface area contributed by atoms with Crippen molar-refractivity contribution in [3.8, 4) is 11.8 Å². The van der Waals surface area contributed by atoms with Crippen LogP contribution in [0.15, 0.2) is 18.5 Å². The summed E-state index contributed by atoms with van der Waals surface area (Å²) in [5, 5.41) is 18.0. The lowest BCUT2D eigenvalue weighted by Gasteiger charge is -2.36. The van der Waals surface area contributed by atoms with Crippen LogP contribution in [0.2, 0.25) is 0 Å². The van der Waals surface area contributed by atoms with E-state index in [0.29, 0.717) is 37.6 Å². The van der Waals surface area contributed by atoms with Crippen molar-refractivity contribution in [1.29, 1.82) is 5.26 Å². The Kier molecular flexibility index (Phi) is 7.09. The standard InChI is InChI=1S/C16H25N7O2/c1-2-25-12-4-6-20-9-11(12)23-16(24)13(14(18)19)15-21-7-10(3-5-17)8-22-15/h4,6,9-10,13-15,21-22H,2-3,7-8,18-19H2,1H3,(H,23,24). The highest BCUT2D eigenvalue weighted by Gasteiger charge is 2.35. The topological polar surface area (TPSA) is 151 Å². The van der Waals surface area contributed by atoms with E-state index in [0.717, 1.165) is 0 Å². The molecule has 1 unspecified atom stereocenters. The Labute approximate surface area is 147 Å². The summed E-state index contributed by atoms with van der Waals surface area (Å²) in [5.41, 5.74) is 12.2. The van der Waals surface area contributed by atoms with Gasteiger partial charge in [-0.1, -0.05) is 0 Å². The molecule has 2 rings (SSSR count). The first-order valence-corrected chi connectivity index (χ1v) is 8.29. The minimum Gasteiger partial charge on any atom is -0.492 e. The van der Waals surface area contributed by atoms with E-state index in [4.69, 9.17) is 21.5 Å². The van der Waals surface area contributed by atoms with E-state index < -0.39 is 12.1 Å². The molecule has 1 saturated heterocycles. The van der Waals surface area contributed by atoms with Crippen LogP contribution >= 0.6 is 0 Å². The van der Waals surface area contributed by atoms with Gasteiger partial charge in [0.2, 0.25) is 5.91 Å². The number of nitrogens with zero attached hydrogens (tertiary/aromatic N) is 2. The van der Waals surface area contributed by atoms with Crippen LogP contribution in [0.5, 0.6) is 5.75 Å². The number of ether oxygens (including phenoxy) is 1. The summed E-state index contributed by atoms with van der Waals surface area (Å²) in [6.07, 6.45) is 2.33. The van der Waals surface area contributed by atoms with Crippen molar-refractivity contribution in [2.45, 2.75) is 25.7 Å². The zero-order valence-corrected chi connectivity index (χ0v) is 14.2. The Morgan fingerprint density at radius 2 is 2.24 bits per heavy atom. The van der Waals surface area contributed by atoms with Gasteiger partial charge in [0.25, 0.3) is 0 Å². The smallest absolute Gasteiger partial charge is 0.233 e. The van der Waals surface area contributed by atoms with Crippen LogP contribution in [-0.2, 0) is 4.79 Å². The third kappa shape index (κ3) is 5.11. The Balaban J connectivity index is 2.05. The molecule has 2 heterocycles. The number of anilines is 1. The van der Waals surface area contributed by atoms with Crippen molar-refractivity contribution in [3.63, 3.8) is 0 Å². The van der Waals surface area contributed by atoms with Gasteiger partial charge in [-0.05, 0) is 12.8 Å². The van der Waals surface area contributed by atoms with E-state index in [2.05, 4.69) is 27.0 Å². The van der Waals surface area contributed by atoms with E-state index in [1.54, 1.807) is 12.3 Å². The summed E-state index contributed by atoms with van der Waals surface area (Å²) < 4.78 is 5.49. The first-order valence-electron chi connectivity index (χ1n) is 8.29. The summed E-state index contributed by atoms with van der Waals surface area (Å²) in [7, 11) is 0. The van der Waals surface area contributed by atoms with E-state index in [-0.39, 0.29) is 18.0 Å². The SMILES string of the molecule is CCOc1ccncc1NC(=O)C(C(N)N)C1NCC(CC#N)CN1. The largest absolute Gasteiger partial charge is 0.492 e. The van der Waals surface area contributed by atoms with Gasteiger partial charge < -0.3 is 32.2 Å². The first kappa shape index (κ1) is 19.1. The maximum Gasteiger partial charge on any atom is 0.233 e. The summed E-state index contributed by atoms with van der Waals surface area (Å²) in [6.45, 7) is 3.58. The molecular formula is C16H25N7O2. The van der Waals surface area contributed by atoms with Crippen LogP contribution in [0.3, 0.4) is 0 Å². The molecule has 1 atom stereocenters. The average molecular weight is 347 g/mol. The molecule has 0 saturated carbocycles. The quantitative estimate of drug-likeness (QED) is 0.407. The first-order chi connectivity index (χ1) is 12.1. The van der Waals surface area contributed by atoms with E-state index in [1.165, 1.54) is 6.20 Å². The molecule has 0 aliphatic carbocycles. The van der Waals surface area contributed by atoms with Crippen LogP contribution in [0, 0.1) is 23.2 Å². The number of rotatable bonds is 7. The predicted molar refractivity (Wildman–Crippen MR) is 93.2 cm³/mol. The maximum atomic E-state index is 12.7. The number of pyridine rings is 1. The zero-order valence-electron chi connectivity index (χ0n) is 14.2. The Bertz CT molecular complexity index is 609. The Morgan fingerprint density at radius 3 is 2.84 bits per heavy atom. The van der Waals surface area contributed by atoms with Gasteiger partial charge in [0.1, 0.15) is 11.4 Å². The average Bonchev–Trinajstić information content (AvgIpc) is 2.58. The van der Waals surface area contributed by atoms with Crippen LogP contribution in [-0.4, -0.2) is 42.9 Å². The normalized spacial score (nSPS) is 21.4. The van der Waals surface area contributed by atoms with Crippen molar-refractivity contribution in [2.24, 2.45) is 23.3 Å². The van der Waals surface area contributed by atoms with Crippen molar-refractivity contribution in [1.82, 2.24) is 15.6 Å². The monoisotopic (exact) mass is 347 g/mol. The number of hydrogen-bond donors (Lipinski definition) is 5. The second-order valence-corrected chi connectivity index (χ2v) is 5.92. The molecule has 25 heavy (non-hydrogen) atoms. The van der Waals surface area contributed by atoms with Crippen LogP contribution in [0.1, 0.15) is 13.3 Å². The molecular weight excluding hydrogens is 322 g/mol. The molecule has 136 valence electrons. The van der Waals surface area contributed by atoms with Gasteiger partial charge >= 0.3 is 0 Å². The Hall–Kier alpha value is -2.25. The molecule has 1 amide bonds. The summed E-state index contributed by atoms with van der Waals surface area (Å²) in [6, 6.07) is 3.83. The minimum atomic E-state index is -0.857. The van der Waals surface area contributed by atoms with Crippen molar-refractivity contribution < 1.29 is 9.53 Å². The van der Waals surface area contributed by atoms with Gasteiger partial charge in [0.15, 0.2) is 0 Å². The van der Waals surface area contributed by atoms with Gasteiger partial charge in [0, 0.05) is 31.8 Å². The molecule has 1 aliphatic heterocycles. The summed E-state index contributed by atoms with van der Waals surface area (Å²) in [4.78, 5) is 16.7. The number of aromatic nitrogens is 1. The molecule has 0 radical (unpaired) electrons. The number of nitriles is 1. The predicted octanol–water partition coefficient (Wildman–Crippen LogP) is -0.673. The fourth-order valence-corrected chi connectivity index (χ4v) is 2.78. The number of hydrogen-bond acceptors (Lipinski definition) is 8. The van der Waals surface area contributed by atoms with Crippen LogP contribution in [0.4, 0.5) is 5.69 Å². The molecule has 0 aromatic carbocycles. The number of amides is 1. The Morgan fingerprint density at radius 1 is 1.52 bits per heavy atom. The van der Waals surface area contributed by atoms with Gasteiger partial charge in [0.05, 0.1) is 37.1 Å². The molecule has 7 N–H and O–H groups in total. The lowest BCUT2D eigenvalue weighted by atomic mass is 9.96.